The lowest BCUT2D eigenvalue weighted by Gasteiger charge is -2.35. The second-order valence-electron chi connectivity index (χ2n) is 9.66. The minimum atomic E-state index is -1.15. The van der Waals surface area contributed by atoms with Crippen LogP contribution < -0.4 is 10.9 Å². The van der Waals surface area contributed by atoms with E-state index < -0.39 is 16.9 Å². The van der Waals surface area contributed by atoms with Crippen molar-refractivity contribution in [2.75, 3.05) is 38.0 Å². The number of piperazine rings is 1. The van der Waals surface area contributed by atoms with Gasteiger partial charge in [-0.05, 0) is 18.1 Å². The standard InChI is InChI=1S/C27H30N6O5/c1-19-25(27(35)36)26(21-8-5-9-22(16-21)33(37)38)32-23(28-19)17-24(34)31(32)15-14-29-10-12-30(13-11-29)18-20-6-3-2-4-7-20/h2-9,16-17,26,28H,10-15,18H2,1H3,(H,35,36). The summed E-state index contributed by atoms with van der Waals surface area (Å²) in [5.74, 6) is -0.693. The molecule has 1 atom stereocenters. The normalized spacial score (nSPS) is 18.2. The van der Waals surface area contributed by atoms with E-state index in [4.69, 9.17) is 0 Å². The molecule has 1 fully saturated rings. The van der Waals surface area contributed by atoms with E-state index in [2.05, 4.69) is 27.2 Å². The molecule has 2 N–H and O–H groups in total. The van der Waals surface area contributed by atoms with Crippen molar-refractivity contribution in [3.63, 3.8) is 0 Å². The highest BCUT2D eigenvalue weighted by atomic mass is 16.6. The zero-order chi connectivity index (χ0) is 26.8. The quantitative estimate of drug-likeness (QED) is 0.344. The van der Waals surface area contributed by atoms with Gasteiger partial charge in [0.25, 0.3) is 11.2 Å². The summed E-state index contributed by atoms with van der Waals surface area (Å²) >= 11 is 0. The molecule has 2 aliphatic heterocycles. The van der Waals surface area contributed by atoms with E-state index in [9.17, 15) is 24.8 Å². The summed E-state index contributed by atoms with van der Waals surface area (Å²) in [6.45, 7) is 7.07. The first-order valence-corrected chi connectivity index (χ1v) is 12.6. The predicted octanol–water partition coefficient (Wildman–Crippen LogP) is 2.75. The molecule has 11 heteroatoms. The van der Waals surface area contributed by atoms with Crippen molar-refractivity contribution in [1.29, 1.82) is 0 Å². The zero-order valence-electron chi connectivity index (χ0n) is 21.1. The monoisotopic (exact) mass is 518 g/mol. The van der Waals surface area contributed by atoms with Gasteiger partial charge in [-0.3, -0.25) is 29.4 Å². The number of nitro groups is 1. The fourth-order valence-corrected chi connectivity index (χ4v) is 5.31. The van der Waals surface area contributed by atoms with Gasteiger partial charge in [0.2, 0.25) is 0 Å². The molecule has 0 aliphatic carbocycles. The molecule has 5 rings (SSSR count). The van der Waals surface area contributed by atoms with Crippen LogP contribution in [0.2, 0.25) is 0 Å². The summed E-state index contributed by atoms with van der Waals surface area (Å²) in [5.41, 5.74) is 1.74. The topological polar surface area (TPSA) is 126 Å². The molecule has 1 saturated heterocycles. The summed E-state index contributed by atoms with van der Waals surface area (Å²) in [4.78, 5) is 41.0. The molecular formula is C27H30N6O5. The number of allylic oxidation sites excluding steroid dienone is 1. The first kappa shape index (κ1) is 25.4. The van der Waals surface area contributed by atoms with Crippen LogP contribution in [-0.2, 0) is 17.9 Å². The zero-order valence-corrected chi connectivity index (χ0v) is 21.1. The van der Waals surface area contributed by atoms with Gasteiger partial charge in [-0.1, -0.05) is 42.5 Å². The fourth-order valence-electron chi connectivity index (χ4n) is 5.31. The molecule has 198 valence electrons. The number of nitro benzene ring substituents is 1. The maximum Gasteiger partial charge on any atom is 0.335 e. The van der Waals surface area contributed by atoms with E-state index in [1.54, 1.807) is 17.7 Å². The second-order valence-corrected chi connectivity index (χ2v) is 9.66. The maximum absolute atomic E-state index is 13.1. The Morgan fingerprint density at radius 2 is 1.74 bits per heavy atom. The molecule has 1 unspecified atom stereocenters. The van der Waals surface area contributed by atoms with Crippen molar-refractivity contribution < 1.29 is 14.8 Å². The summed E-state index contributed by atoms with van der Waals surface area (Å²) in [6, 6.07) is 16.8. The molecule has 2 aromatic carbocycles. The van der Waals surface area contributed by atoms with E-state index in [0.29, 0.717) is 30.2 Å². The van der Waals surface area contributed by atoms with Crippen molar-refractivity contribution in [2.24, 2.45) is 0 Å². The van der Waals surface area contributed by atoms with Crippen LogP contribution in [0, 0.1) is 10.1 Å². The lowest BCUT2D eigenvalue weighted by molar-refractivity contribution is -0.384. The Hall–Kier alpha value is -4.22. The molecule has 38 heavy (non-hydrogen) atoms. The van der Waals surface area contributed by atoms with Crippen molar-refractivity contribution >= 4 is 17.5 Å². The van der Waals surface area contributed by atoms with Crippen LogP contribution >= 0.6 is 0 Å². The highest BCUT2D eigenvalue weighted by molar-refractivity contribution is 5.91. The number of carbonyl (C=O) groups is 1. The Kier molecular flexibility index (Phi) is 7.12. The summed E-state index contributed by atoms with van der Waals surface area (Å²) < 4.78 is 3.17. The lowest BCUT2D eigenvalue weighted by Crippen LogP contribution is -2.47. The number of aromatic nitrogens is 2. The number of non-ortho nitro benzene ring substituents is 1. The van der Waals surface area contributed by atoms with Crippen molar-refractivity contribution in [3.05, 3.63) is 104 Å². The van der Waals surface area contributed by atoms with Crippen LogP contribution in [0.4, 0.5) is 11.5 Å². The number of rotatable bonds is 8. The van der Waals surface area contributed by atoms with Gasteiger partial charge in [0.1, 0.15) is 11.9 Å². The lowest BCUT2D eigenvalue weighted by atomic mass is 9.95. The van der Waals surface area contributed by atoms with Crippen LogP contribution in [-0.4, -0.2) is 67.9 Å². The Morgan fingerprint density at radius 3 is 2.42 bits per heavy atom. The number of fused-ring (bicyclic) bond motifs is 1. The van der Waals surface area contributed by atoms with Gasteiger partial charge in [0.15, 0.2) is 0 Å². The van der Waals surface area contributed by atoms with Crippen molar-refractivity contribution in [3.8, 4) is 0 Å². The Bertz CT molecular complexity index is 1440. The molecule has 0 saturated carbocycles. The van der Waals surface area contributed by atoms with E-state index in [1.165, 1.54) is 34.5 Å². The number of hydrogen-bond acceptors (Lipinski definition) is 7. The van der Waals surface area contributed by atoms with E-state index in [1.807, 2.05) is 18.2 Å². The number of carboxylic acids is 1. The van der Waals surface area contributed by atoms with Gasteiger partial charge in [-0.15, -0.1) is 0 Å². The molecular weight excluding hydrogens is 488 g/mol. The van der Waals surface area contributed by atoms with Crippen molar-refractivity contribution in [1.82, 2.24) is 19.2 Å². The van der Waals surface area contributed by atoms with Gasteiger partial charge in [0, 0.05) is 63.2 Å². The third-order valence-corrected chi connectivity index (χ3v) is 7.23. The maximum atomic E-state index is 13.1. The minimum absolute atomic E-state index is 0.0388. The highest BCUT2D eigenvalue weighted by Gasteiger charge is 2.35. The summed E-state index contributed by atoms with van der Waals surface area (Å²) in [6.07, 6.45) is 0. The number of nitrogens with one attached hydrogen (secondary N) is 1. The van der Waals surface area contributed by atoms with E-state index >= 15 is 0 Å². The summed E-state index contributed by atoms with van der Waals surface area (Å²) in [5, 5.41) is 24.5. The third-order valence-electron chi connectivity index (χ3n) is 7.23. The third kappa shape index (κ3) is 5.11. The number of benzene rings is 2. The first-order valence-electron chi connectivity index (χ1n) is 12.6. The summed E-state index contributed by atoms with van der Waals surface area (Å²) in [7, 11) is 0. The highest BCUT2D eigenvalue weighted by Crippen LogP contribution is 2.36. The minimum Gasteiger partial charge on any atom is -0.478 e. The number of hydrogen-bond donors (Lipinski definition) is 2. The van der Waals surface area contributed by atoms with Gasteiger partial charge >= 0.3 is 5.97 Å². The fraction of sp³-hybridized carbons (Fsp3) is 0.333. The van der Waals surface area contributed by atoms with Gasteiger partial charge in [-0.25, -0.2) is 9.48 Å². The molecule has 0 amide bonds. The molecule has 3 heterocycles. The van der Waals surface area contributed by atoms with Crippen LogP contribution in [0.3, 0.4) is 0 Å². The Balaban J connectivity index is 1.37. The van der Waals surface area contributed by atoms with Gasteiger partial charge in [-0.2, -0.15) is 0 Å². The molecule has 2 aliphatic rings. The molecule has 3 aromatic rings. The van der Waals surface area contributed by atoms with Crippen LogP contribution in [0.25, 0.3) is 0 Å². The van der Waals surface area contributed by atoms with Crippen LogP contribution in [0.1, 0.15) is 24.1 Å². The number of anilines is 1. The van der Waals surface area contributed by atoms with Crippen LogP contribution in [0.5, 0.6) is 0 Å². The number of aliphatic carboxylic acids is 1. The van der Waals surface area contributed by atoms with E-state index in [0.717, 1.165) is 32.7 Å². The molecule has 11 nitrogen and oxygen atoms in total. The predicted molar refractivity (Wildman–Crippen MR) is 142 cm³/mol. The smallest absolute Gasteiger partial charge is 0.335 e. The van der Waals surface area contributed by atoms with Crippen LogP contribution in [0.15, 0.2) is 76.7 Å². The largest absolute Gasteiger partial charge is 0.478 e. The Labute approximate surface area is 219 Å². The Morgan fingerprint density at radius 1 is 1.03 bits per heavy atom. The average Bonchev–Trinajstić information content (AvgIpc) is 3.22. The van der Waals surface area contributed by atoms with Gasteiger partial charge < -0.3 is 10.4 Å². The number of nitrogens with zero attached hydrogens (tertiary/aromatic N) is 5. The van der Waals surface area contributed by atoms with E-state index in [-0.39, 0.29) is 16.8 Å². The SMILES string of the molecule is CC1=C(C(=O)O)C(c2cccc([N+](=O)[O-])c2)n2c(cc(=O)n2CCN2CCN(Cc3ccccc3)CC2)N1. The molecule has 1 aromatic heterocycles. The second kappa shape index (κ2) is 10.6. The van der Waals surface area contributed by atoms with Gasteiger partial charge in [0.05, 0.1) is 17.0 Å². The molecule has 0 bridgehead atoms. The van der Waals surface area contributed by atoms with Crippen molar-refractivity contribution in [2.45, 2.75) is 26.1 Å². The number of carboxylic acid groups (broad SMARTS) is 1. The molecule has 0 spiro atoms. The average molecular weight is 519 g/mol. The first-order chi connectivity index (χ1) is 18.3. The molecule has 0 radical (unpaired) electrons.